The van der Waals surface area contributed by atoms with Gasteiger partial charge in [0, 0.05) is 41.2 Å². The summed E-state index contributed by atoms with van der Waals surface area (Å²) in [4.78, 5) is 76.6. The Balaban J connectivity index is 1.32. The molecule has 5 fully saturated rings. The van der Waals surface area contributed by atoms with Gasteiger partial charge in [-0.25, -0.2) is 0 Å². The Bertz CT molecular complexity index is 2430. The van der Waals surface area contributed by atoms with Gasteiger partial charge in [-0.3, -0.25) is 24.0 Å². The Morgan fingerprint density at radius 2 is 0.898 bits per heavy atom. The second-order valence-corrected chi connectivity index (χ2v) is 25.5. The van der Waals surface area contributed by atoms with Crippen molar-refractivity contribution < 1.29 is 147 Å². The van der Waals surface area contributed by atoms with Gasteiger partial charge < -0.3 is 150 Å². The topological polar surface area (TPSA) is 527 Å². The number of aliphatic hydroxyl groups excluding tert-OH is 13. The fourth-order valence-corrected chi connectivity index (χ4v) is 12.5. The van der Waals surface area contributed by atoms with Crippen LogP contribution in [0.4, 0.5) is 0 Å². The Hall–Kier alpha value is -4.20. The highest BCUT2D eigenvalue weighted by Gasteiger charge is 2.57. The third-order valence-corrected chi connectivity index (χ3v) is 17.8. The molecule has 0 spiro atoms. The average molecular weight is 1420 g/mol. The smallest absolute Gasteiger partial charge is 0.220 e. The minimum atomic E-state index is -2.19. The maximum Gasteiger partial charge on any atom is 0.220 e. The number of aliphatic hydroxyl groups is 13. The maximum atomic E-state index is 13.4. The number of methoxy groups -OCH3 is 1. The van der Waals surface area contributed by atoms with Gasteiger partial charge in [0.15, 0.2) is 31.5 Å². The molecule has 0 aliphatic carbocycles. The van der Waals surface area contributed by atoms with Crippen LogP contribution >= 0.6 is 0 Å². The van der Waals surface area contributed by atoms with Gasteiger partial charge in [0.25, 0.3) is 0 Å². The first-order valence-corrected chi connectivity index (χ1v) is 33.8. The van der Waals surface area contributed by atoms with Crippen LogP contribution in [0.5, 0.6) is 0 Å². The largest absolute Gasteiger partial charge is 0.394 e. The third kappa shape index (κ3) is 23.9. The van der Waals surface area contributed by atoms with Crippen LogP contribution < -0.4 is 26.6 Å². The number of nitrogens with one attached hydrogen (secondary N) is 5. The summed E-state index contributed by atoms with van der Waals surface area (Å²) in [6, 6.07) is -8.73. The second-order valence-electron chi connectivity index (χ2n) is 25.5. The van der Waals surface area contributed by atoms with Crippen LogP contribution in [0, 0.1) is 0 Å². The molecule has 98 heavy (non-hydrogen) atoms. The van der Waals surface area contributed by atoms with Gasteiger partial charge in [0.1, 0.15) is 146 Å². The van der Waals surface area contributed by atoms with E-state index >= 15 is 0 Å². The van der Waals surface area contributed by atoms with E-state index in [1.54, 1.807) is 0 Å². The van der Waals surface area contributed by atoms with Gasteiger partial charge in [0.05, 0.1) is 39.1 Å². The number of rotatable bonds is 40. The van der Waals surface area contributed by atoms with Crippen molar-refractivity contribution in [3.63, 3.8) is 0 Å². The van der Waals surface area contributed by atoms with Crippen LogP contribution in [-0.4, -0.2) is 320 Å². The average Bonchev–Trinajstić information content (AvgIpc) is 0.774. The summed E-state index contributed by atoms with van der Waals surface area (Å²) in [6.07, 6.45) is -24.8. The molecule has 5 heterocycles. The molecule has 0 bridgehead atoms. The first-order chi connectivity index (χ1) is 46.7. The molecule has 5 aliphatic heterocycles. The van der Waals surface area contributed by atoms with Crippen LogP contribution in [0.25, 0.3) is 0 Å². The van der Waals surface area contributed by atoms with Crippen molar-refractivity contribution in [2.45, 2.75) is 309 Å². The molecule has 5 amide bonds. The summed E-state index contributed by atoms with van der Waals surface area (Å²) in [5.41, 5.74) is 0. The fraction of sp³-hybridized carbons (Fsp3) is 0.873. The Kier molecular flexibility index (Phi) is 36.5. The molecule has 5 aliphatic rings. The van der Waals surface area contributed by atoms with Crippen LogP contribution in [0.3, 0.4) is 0 Å². The second kappa shape index (κ2) is 42.4. The van der Waals surface area contributed by atoms with E-state index in [1.807, 2.05) is 0 Å². The van der Waals surface area contributed by atoms with E-state index in [2.05, 4.69) is 45.7 Å². The summed E-state index contributed by atoms with van der Waals surface area (Å²) in [7, 11) is 1.17. The normalized spacial score (nSPS) is 36.5. The molecule has 0 saturated carbocycles. The van der Waals surface area contributed by atoms with E-state index in [9.17, 15) is 95.2 Å². The lowest BCUT2D eigenvalue weighted by Crippen LogP contribution is -2.72. The fourth-order valence-electron chi connectivity index (χ4n) is 12.5. The lowest BCUT2D eigenvalue weighted by molar-refractivity contribution is -0.365. The van der Waals surface area contributed by atoms with E-state index in [0.717, 1.165) is 79.1 Å². The lowest BCUT2D eigenvalue weighted by Gasteiger charge is -2.51. The molecule has 35 nitrogen and oxygen atoms in total. The lowest BCUT2D eigenvalue weighted by atomic mass is 9.93. The number of hydrogen-bond acceptors (Lipinski definition) is 30. The van der Waals surface area contributed by atoms with Gasteiger partial charge in [-0.15, -0.1) is 0 Å². The molecule has 566 valence electrons. The third-order valence-electron chi connectivity index (χ3n) is 17.8. The summed E-state index contributed by atoms with van der Waals surface area (Å²) in [6.45, 7) is 2.84. The molecular weight excluding hydrogens is 1310 g/mol. The van der Waals surface area contributed by atoms with E-state index < -0.39 is 240 Å². The number of amides is 5. The van der Waals surface area contributed by atoms with Gasteiger partial charge in [-0.2, -0.15) is 0 Å². The monoisotopic (exact) mass is 1420 g/mol. The van der Waals surface area contributed by atoms with Gasteiger partial charge in [-0.1, -0.05) is 70.4 Å². The van der Waals surface area contributed by atoms with Crippen molar-refractivity contribution >= 4 is 35.8 Å². The minimum absolute atomic E-state index is 0.0100. The van der Waals surface area contributed by atoms with Crippen molar-refractivity contribution in [1.82, 2.24) is 26.6 Å². The zero-order valence-corrected chi connectivity index (χ0v) is 56.7. The zero-order chi connectivity index (χ0) is 72.5. The van der Waals surface area contributed by atoms with Crippen molar-refractivity contribution in [3.05, 3.63) is 12.2 Å². The van der Waals surface area contributed by atoms with E-state index in [1.165, 1.54) is 39.7 Å². The van der Waals surface area contributed by atoms with Crippen LogP contribution in [0.1, 0.15) is 131 Å². The minimum Gasteiger partial charge on any atom is -0.394 e. The van der Waals surface area contributed by atoms with Gasteiger partial charge in [0.2, 0.25) is 29.5 Å². The summed E-state index contributed by atoms with van der Waals surface area (Å²) in [5, 5.41) is 158. The Labute approximate surface area is 569 Å². The summed E-state index contributed by atoms with van der Waals surface area (Å²) < 4.78 is 65.4. The number of carbonyl (C=O) groups excluding carboxylic acids is 6. The molecule has 29 atom stereocenters. The van der Waals surface area contributed by atoms with Crippen molar-refractivity contribution in [2.75, 3.05) is 40.1 Å². The summed E-state index contributed by atoms with van der Waals surface area (Å²) in [5.74, 6) is -3.90. The van der Waals surface area contributed by atoms with Crippen molar-refractivity contribution in [1.29, 1.82) is 0 Å². The molecule has 18 N–H and O–H groups in total. The first-order valence-electron chi connectivity index (χ1n) is 33.8. The number of ether oxygens (including phenoxy) is 11. The van der Waals surface area contributed by atoms with E-state index in [0.29, 0.717) is 6.42 Å². The molecule has 5 rings (SSSR count). The predicted octanol–water partition coefficient (Wildman–Crippen LogP) is -5.84. The van der Waals surface area contributed by atoms with E-state index in [4.69, 9.17) is 52.1 Å². The molecule has 35 heteroatoms. The van der Waals surface area contributed by atoms with Crippen molar-refractivity contribution in [2.24, 2.45) is 0 Å². The van der Waals surface area contributed by atoms with E-state index in [-0.39, 0.29) is 12.7 Å². The van der Waals surface area contributed by atoms with Crippen molar-refractivity contribution in [3.8, 4) is 0 Å². The van der Waals surface area contributed by atoms with Gasteiger partial charge >= 0.3 is 0 Å². The Morgan fingerprint density at radius 1 is 0.480 bits per heavy atom. The van der Waals surface area contributed by atoms with Gasteiger partial charge in [-0.05, 0) is 39.0 Å². The highest BCUT2D eigenvalue weighted by Crippen LogP contribution is 2.36. The van der Waals surface area contributed by atoms with Crippen LogP contribution in [-0.2, 0) is 80.9 Å². The SMILES string of the molecule is CCCCCC/C=C\CCCCCCCCCC(=O)N[C@H]1[C@H](O[C@H]2[C@H](O)[C@@H](NC(C)=O)[C@H](O[C@H]3[C@H](O)[C@@H](NC(C)=O)[C@H](O[C@H]4[C@H](O)[C@@H](NC(C)=O)[C@H](O[C@@H]([C@H](O)[C@H](C=O)NC(C)=O)[C@H](O)CO[C@@H]5O[C@@H](C)[C@@H](O)[C@@H](O)[C@@H]5OC)O[C@@H]4CO)O[C@@H]3CO)O[C@@H]2CO)O[C@H](CO)[C@@H](O)[C@@H]1O. The van der Waals surface area contributed by atoms with Crippen LogP contribution in [0.15, 0.2) is 12.2 Å². The molecule has 5 saturated heterocycles. The quantitative estimate of drug-likeness (QED) is 0.0154. The standard InChI is InChI=1S/C63H109N5O30/c1-8-9-10-11-12-13-14-15-16-17-18-19-20-21-22-23-41(79)68-42-49(83)48(82)37(25-70)91-59(42)96-55-39(27-72)93-61(44(51(55)85)66-33(5)76)98-57-40(28-73)94-62(45(52(57)86)67-34(6)77)97-56-38(26-71)92-60(43(50(56)84)65-32(4)75)95-54(47(81)35(24-69)64-31(3)74)36(78)29-89-63-58(88-7)53(87)46(80)30(2)90-63/h13-14,24,30,35-40,42-63,70-73,78,80-87H,8-12,15-23,25-29H2,1-7H3,(H,64,74)(H,65,75)(H,66,76)(H,67,77)(H,68,79)/b14-13-/t30-,35-,36+,37+,38+,39+,40+,42+,43+,44+,45+,46+,47+,48+,49+,50+,51+,52+,53+,54+,55+,56+,57+,58-,59-,60-,61-,62-,63+/m0/s1. The molecule has 0 unspecified atom stereocenters. The first kappa shape index (κ1) is 84.5. The molecule has 0 aromatic rings. The highest BCUT2D eigenvalue weighted by atomic mass is 16.8. The highest BCUT2D eigenvalue weighted by molar-refractivity contribution is 5.78. The Morgan fingerprint density at radius 3 is 1.33 bits per heavy atom. The zero-order valence-electron chi connectivity index (χ0n) is 56.7. The number of carbonyl (C=O) groups is 6. The number of unbranched alkanes of at least 4 members (excludes halogenated alkanes) is 11. The number of aldehydes is 1. The molecular formula is C63H109N5O30. The molecule has 0 aromatic heterocycles. The van der Waals surface area contributed by atoms with Crippen LogP contribution in [0.2, 0.25) is 0 Å². The molecule has 0 aromatic carbocycles. The predicted molar refractivity (Wildman–Crippen MR) is 335 cm³/mol. The number of allylic oxidation sites excluding steroid dienone is 2. The molecule has 0 radical (unpaired) electrons. The number of hydrogen-bond donors (Lipinski definition) is 18. The summed E-state index contributed by atoms with van der Waals surface area (Å²) >= 11 is 0. The maximum absolute atomic E-state index is 13.4.